The summed E-state index contributed by atoms with van der Waals surface area (Å²) < 4.78 is 5.22. The van der Waals surface area contributed by atoms with Crippen molar-refractivity contribution in [3.05, 3.63) is 34.9 Å². The third-order valence-corrected chi connectivity index (χ3v) is 5.78. The molecule has 1 N–H and O–H groups in total. The number of halogens is 1. The SMILES string of the molecule is CN=C(NCC1(CCOC)CC1)N1CCN(Cc2ccc(Cl)cc2)C(=O)C1. The van der Waals surface area contributed by atoms with E-state index in [2.05, 4.69) is 10.3 Å². The average Bonchev–Trinajstić information content (AvgIpc) is 3.44. The van der Waals surface area contributed by atoms with Crippen molar-refractivity contribution in [2.75, 3.05) is 46.9 Å². The maximum absolute atomic E-state index is 12.6. The smallest absolute Gasteiger partial charge is 0.242 e. The summed E-state index contributed by atoms with van der Waals surface area (Å²) in [6, 6.07) is 7.66. The first-order valence-corrected chi connectivity index (χ1v) is 9.90. The number of nitrogens with one attached hydrogen (secondary N) is 1. The third-order valence-electron chi connectivity index (χ3n) is 5.53. The number of amides is 1. The van der Waals surface area contributed by atoms with Gasteiger partial charge in [0.05, 0.1) is 6.54 Å². The first kappa shape index (κ1) is 20.0. The number of benzene rings is 1. The van der Waals surface area contributed by atoms with Gasteiger partial charge in [0.2, 0.25) is 5.91 Å². The number of rotatable bonds is 7. The second kappa shape index (κ2) is 8.93. The fourth-order valence-corrected chi connectivity index (χ4v) is 3.60. The number of nitrogens with zero attached hydrogens (tertiary/aromatic N) is 3. The van der Waals surface area contributed by atoms with Crippen LogP contribution in [0.4, 0.5) is 0 Å². The van der Waals surface area contributed by atoms with Crippen molar-refractivity contribution < 1.29 is 9.53 Å². The second-order valence-electron chi connectivity index (χ2n) is 7.51. The van der Waals surface area contributed by atoms with Crippen LogP contribution in [0.2, 0.25) is 5.02 Å². The van der Waals surface area contributed by atoms with E-state index in [1.165, 1.54) is 12.8 Å². The van der Waals surface area contributed by atoms with Gasteiger partial charge in [-0.1, -0.05) is 23.7 Å². The number of guanidine groups is 1. The molecule has 1 amide bonds. The van der Waals surface area contributed by atoms with E-state index in [4.69, 9.17) is 16.3 Å². The fourth-order valence-electron chi connectivity index (χ4n) is 3.48. The van der Waals surface area contributed by atoms with Gasteiger partial charge in [0, 0.05) is 52.0 Å². The number of carbonyl (C=O) groups is 1. The molecule has 0 radical (unpaired) electrons. The Labute approximate surface area is 166 Å². The minimum absolute atomic E-state index is 0.125. The third kappa shape index (κ3) is 5.36. The maximum atomic E-state index is 12.6. The highest BCUT2D eigenvalue weighted by Crippen LogP contribution is 2.48. The molecule has 1 aromatic carbocycles. The van der Waals surface area contributed by atoms with Crippen LogP contribution in [0.3, 0.4) is 0 Å². The van der Waals surface area contributed by atoms with E-state index in [9.17, 15) is 4.79 Å². The molecule has 1 saturated heterocycles. The van der Waals surface area contributed by atoms with E-state index in [1.807, 2.05) is 34.1 Å². The molecule has 1 aliphatic carbocycles. The summed E-state index contributed by atoms with van der Waals surface area (Å²) in [7, 11) is 3.53. The Morgan fingerprint density at radius 2 is 2.04 bits per heavy atom. The largest absolute Gasteiger partial charge is 0.385 e. The van der Waals surface area contributed by atoms with Gasteiger partial charge in [-0.3, -0.25) is 9.79 Å². The van der Waals surface area contributed by atoms with Crippen molar-refractivity contribution in [3.63, 3.8) is 0 Å². The summed E-state index contributed by atoms with van der Waals surface area (Å²) in [4.78, 5) is 20.9. The van der Waals surface area contributed by atoms with Gasteiger partial charge in [0.1, 0.15) is 0 Å². The number of aliphatic imine (C=N–C) groups is 1. The molecule has 0 spiro atoms. The summed E-state index contributed by atoms with van der Waals surface area (Å²) in [5.74, 6) is 0.942. The van der Waals surface area contributed by atoms with Crippen LogP contribution < -0.4 is 5.32 Å². The molecule has 0 bridgehead atoms. The summed E-state index contributed by atoms with van der Waals surface area (Å²) in [5.41, 5.74) is 1.43. The van der Waals surface area contributed by atoms with Crippen LogP contribution in [0.25, 0.3) is 0 Å². The molecule has 148 valence electrons. The van der Waals surface area contributed by atoms with Gasteiger partial charge in [0.15, 0.2) is 5.96 Å². The van der Waals surface area contributed by atoms with E-state index in [1.54, 1.807) is 14.2 Å². The number of hydrogen-bond acceptors (Lipinski definition) is 3. The quantitative estimate of drug-likeness (QED) is 0.571. The van der Waals surface area contributed by atoms with Crippen LogP contribution in [0, 0.1) is 5.41 Å². The second-order valence-corrected chi connectivity index (χ2v) is 7.94. The molecule has 0 atom stereocenters. The molecule has 7 heteroatoms. The van der Waals surface area contributed by atoms with Crippen molar-refractivity contribution in [2.24, 2.45) is 10.4 Å². The molecule has 0 unspecified atom stereocenters. The lowest BCUT2D eigenvalue weighted by molar-refractivity contribution is -0.135. The zero-order valence-corrected chi connectivity index (χ0v) is 17.0. The van der Waals surface area contributed by atoms with Gasteiger partial charge in [0.25, 0.3) is 0 Å². The van der Waals surface area contributed by atoms with Crippen LogP contribution in [0.15, 0.2) is 29.3 Å². The molecule has 1 aromatic rings. The predicted octanol–water partition coefficient (Wildman–Crippen LogP) is 2.38. The molecular formula is C20H29ClN4O2. The summed E-state index contributed by atoms with van der Waals surface area (Å²) in [6.45, 7) is 4.14. The first-order chi connectivity index (χ1) is 13.0. The molecule has 1 heterocycles. The Kier molecular flexibility index (Phi) is 6.60. The summed E-state index contributed by atoms with van der Waals surface area (Å²) >= 11 is 5.93. The van der Waals surface area contributed by atoms with E-state index < -0.39 is 0 Å². The highest BCUT2D eigenvalue weighted by atomic mass is 35.5. The van der Waals surface area contributed by atoms with Gasteiger partial charge in [-0.15, -0.1) is 0 Å². The average molecular weight is 393 g/mol. The van der Waals surface area contributed by atoms with Crippen LogP contribution >= 0.6 is 11.6 Å². The molecule has 6 nitrogen and oxygen atoms in total. The van der Waals surface area contributed by atoms with E-state index in [0.717, 1.165) is 37.6 Å². The number of methoxy groups -OCH3 is 1. The van der Waals surface area contributed by atoms with Crippen molar-refractivity contribution in [3.8, 4) is 0 Å². The lowest BCUT2D eigenvalue weighted by Gasteiger charge is -2.36. The Hall–Kier alpha value is -1.79. The van der Waals surface area contributed by atoms with Gasteiger partial charge < -0.3 is 19.9 Å². The van der Waals surface area contributed by atoms with Crippen LogP contribution in [-0.2, 0) is 16.1 Å². The van der Waals surface area contributed by atoms with Crippen LogP contribution in [0.1, 0.15) is 24.8 Å². The van der Waals surface area contributed by atoms with E-state index in [0.29, 0.717) is 30.1 Å². The highest BCUT2D eigenvalue weighted by Gasteiger charge is 2.42. The zero-order valence-electron chi connectivity index (χ0n) is 16.2. The normalized spacial score (nSPS) is 19.4. The molecule has 2 aliphatic rings. The summed E-state index contributed by atoms with van der Waals surface area (Å²) in [6.07, 6.45) is 3.53. The number of hydrogen-bond donors (Lipinski definition) is 1. The minimum Gasteiger partial charge on any atom is -0.385 e. The number of piperazine rings is 1. The van der Waals surface area contributed by atoms with Gasteiger partial charge >= 0.3 is 0 Å². The van der Waals surface area contributed by atoms with Crippen LogP contribution in [0.5, 0.6) is 0 Å². The van der Waals surface area contributed by atoms with Crippen molar-refractivity contribution in [1.29, 1.82) is 0 Å². The lowest BCUT2D eigenvalue weighted by Crippen LogP contribution is -2.55. The Bertz CT molecular complexity index is 673. The van der Waals surface area contributed by atoms with Crippen molar-refractivity contribution in [2.45, 2.75) is 25.8 Å². The fraction of sp³-hybridized carbons (Fsp3) is 0.600. The topological polar surface area (TPSA) is 57.2 Å². The number of ether oxygens (including phenoxy) is 1. The lowest BCUT2D eigenvalue weighted by atomic mass is 10.0. The number of carbonyl (C=O) groups excluding carboxylic acids is 1. The van der Waals surface area contributed by atoms with E-state index >= 15 is 0 Å². The van der Waals surface area contributed by atoms with Gasteiger partial charge in [-0.2, -0.15) is 0 Å². The molecule has 27 heavy (non-hydrogen) atoms. The molecular weight excluding hydrogens is 364 g/mol. The monoisotopic (exact) mass is 392 g/mol. The molecule has 1 aliphatic heterocycles. The van der Waals surface area contributed by atoms with Gasteiger partial charge in [-0.25, -0.2) is 0 Å². The van der Waals surface area contributed by atoms with Crippen molar-refractivity contribution >= 4 is 23.5 Å². The molecule has 3 rings (SSSR count). The molecule has 0 aromatic heterocycles. The van der Waals surface area contributed by atoms with Gasteiger partial charge in [-0.05, 0) is 42.4 Å². The molecule has 2 fully saturated rings. The predicted molar refractivity (Wildman–Crippen MR) is 108 cm³/mol. The van der Waals surface area contributed by atoms with Crippen LogP contribution in [-0.4, -0.2) is 68.6 Å². The standard InChI is InChI=1S/C20H29ClN4O2/c1-22-19(23-15-20(7-8-20)9-12-27-2)25-11-10-24(18(26)14-25)13-16-3-5-17(21)6-4-16/h3-6H,7-15H2,1-2H3,(H,22,23). The minimum atomic E-state index is 0.125. The maximum Gasteiger partial charge on any atom is 0.242 e. The Balaban J connectivity index is 1.50. The molecule has 1 saturated carbocycles. The van der Waals surface area contributed by atoms with Crippen molar-refractivity contribution in [1.82, 2.24) is 15.1 Å². The Morgan fingerprint density at radius 1 is 1.30 bits per heavy atom. The first-order valence-electron chi connectivity index (χ1n) is 9.52. The zero-order chi connectivity index (χ0) is 19.3. The Morgan fingerprint density at radius 3 is 2.63 bits per heavy atom. The van der Waals surface area contributed by atoms with E-state index in [-0.39, 0.29) is 5.91 Å². The highest BCUT2D eigenvalue weighted by molar-refractivity contribution is 6.30. The summed E-state index contributed by atoms with van der Waals surface area (Å²) in [5, 5.41) is 4.19.